The Balaban J connectivity index is 1.98. The monoisotopic (exact) mass is 281 g/mol. The fourth-order valence-corrected chi connectivity index (χ4v) is 4.14. The SMILES string of the molecule is CC(C)C1CCC(CN)(NN2C(C)CCCC2C)CC1. The summed E-state index contributed by atoms with van der Waals surface area (Å²) in [6.07, 6.45) is 9.13. The fourth-order valence-electron chi connectivity index (χ4n) is 4.14. The lowest BCUT2D eigenvalue weighted by atomic mass is 9.73. The van der Waals surface area contributed by atoms with E-state index in [1.54, 1.807) is 0 Å². The number of hydrazine groups is 1. The number of nitrogens with two attached hydrogens (primary N) is 1. The van der Waals surface area contributed by atoms with E-state index >= 15 is 0 Å². The highest BCUT2D eigenvalue weighted by molar-refractivity contribution is 4.95. The van der Waals surface area contributed by atoms with Crippen molar-refractivity contribution in [2.45, 2.75) is 90.3 Å². The van der Waals surface area contributed by atoms with E-state index in [4.69, 9.17) is 5.73 Å². The Morgan fingerprint density at radius 3 is 2.10 bits per heavy atom. The van der Waals surface area contributed by atoms with Gasteiger partial charge < -0.3 is 5.73 Å². The molecule has 2 rings (SSSR count). The lowest BCUT2D eigenvalue weighted by Gasteiger charge is -2.49. The summed E-state index contributed by atoms with van der Waals surface area (Å²) < 4.78 is 0. The molecule has 0 aromatic carbocycles. The summed E-state index contributed by atoms with van der Waals surface area (Å²) >= 11 is 0. The van der Waals surface area contributed by atoms with Crippen molar-refractivity contribution >= 4 is 0 Å². The highest BCUT2D eigenvalue weighted by atomic mass is 15.6. The van der Waals surface area contributed by atoms with Gasteiger partial charge in [0, 0.05) is 24.2 Å². The van der Waals surface area contributed by atoms with Crippen molar-refractivity contribution in [2.24, 2.45) is 17.6 Å². The Hall–Kier alpha value is -0.120. The predicted molar refractivity (Wildman–Crippen MR) is 86.3 cm³/mol. The normalized spacial score (nSPS) is 40.2. The predicted octanol–water partition coefficient (Wildman–Crippen LogP) is 3.30. The second kappa shape index (κ2) is 6.76. The Morgan fingerprint density at radius 2 is 1.65 bits per heavy atom. The molecule has 0 radical (unpaired) electrons. The smallest absolute Gasteiger partial charge is 0.0448 e. The minimum absolute atomic E-state index is 0.158. The first-order valence-corrected chi connectivity index (χ1v) is 8.73. The van der Waals surface area contributed by atoms with E-state index in [1.807, 2.05) is 0 Å². The van der Waals surface area contributed by atoms with Crippen LogP contribution in [0.3, 0.4) is 0 Å². The summed E-state index contributed by atoms with van der Waals surface area (Å²) in [5, 5.41) is 2.52. The molecule has 3 heteroatoms. The van der Waals surface area contributed by atoms with Crippen LogP contribution in [0.1, 0.15) is 72.6 Å². The Bertz CT molecular complexity index is 285. The van der Waals surface area contributed by atoms with Gasteiger partial charge in [-0.1, -0.05) is 20.3 Å². The van der Waals surface area contributed by atoms with Gasteiger partial charge in [-0.2, -0.15) is 0 Å². The largest absolute Gasteiger partial charge is 0.329 e. The molecule has 3 N–H and O–H groups in total. The van der Waals surface area contributed by atoms with Gasteiger partial charge in [-0.3, -0.25) is 0 Å². The zero-order valence-electron chi connectivity index (χ0n) is 14.0. The Morgan fingerprint density at radius 1 is 1.10 bits per heavy atom. The van der Waals surface area contributed by atoms with E-state index in [0.717, 1.165) is 18.4 Å². The molecule has 0 amide bonds. The maximum absolute atomic E-state index is 6.18. The van der Waals surface area contributed by atoms with Crippen LogP contribution < -0.4 is 11.2 Å². The summed E-state index contributed by atoms with van der Waals surface area (Å²) in [4.78, 5) is 0. The maximum atomic E-state index is 6.18. The van der Waals surface area contributed by atoms with Crippen molar-refractivity contribution in [3.05, 3.63) is 0 Å². The average molecular weight is 281 g/mol. The molecule has 1 aliphatic heterocycles. The number of nitrogens with one attached hydrogen (secondary N) is 1. The van der Waals surface area contributed by atoms with Crippen molar-refractivity contribution in [1.29, 1.82) is 0 Å². The highest BCUT2D eigenvalue weighted by Crippen LogP contribution is 2.36. The second-order valence-electron chi connectivity index (χ2n) is 7.71. The van der Waals surface area contributed by atoms with E-state index in [0.29, 0.717) is 12.1 Å². The second-order valence-corrected chi connectivity index (χ2v) is 7.71. The van der Waals surface area contributed by atoms with Crippen LogP contribution in [0.2, 0.25) is 0 Å². The third-order valence-corrected chi connectivity index (χ3v) is 5.88. The van der Waals surface area contributed by atoms with Crippen molar-refractivity contribution in [3.8, 4) is 0 Å². The molecule has 0 spiro atoms. The lowest BCUT2D eigenvalue weighted by molar-refractivity contribution is -0.0161. The highest BCUT2D eigenvalue weighted by Gasteiger charge is 2.38. The fraction of sp³-hybridized carbons (Fsp3) is 1.00. The molecule has 0 aromatic rings. The molecule has 2 unspecified atom stereocenters. The molecule has 2 aliphatic rings. The minimum Gasteiger partial charge on any atom is -0.329 e. The van der Waals surface area contributed by atoms with E-state index in [2.05, 4.69) is 38.1 Å². The first-order valence-electron chi connectivity index (χ1n) is 8.73. The Labute approximate surface area is 125 Å². The van der Waals surface area contributed by atoms with Gasteiger partial charge >= 0.3 is 0 Å². The standard InChI is InChI=1S/C17H35N3/c1-13(2)16-8-10-17(12-18,11-9-16)19-20-14(3)6-5-7-15(20)4/h13-16,19H,5-12,18H2,1-4H3. The molecule has 0 bridgehead atoms. The number of piperidine rings is 1. The summed E-state index contributed by atoms with van der Waals surface area (Å²) in [5.41, 5.74) is 10.2. The van der Waals surface area contributed by atoms with E-state index in [1.165, 1.54) is 44.9 Å². The molecule has 3 nitrogen and oxygen atoms in total. The minimum atomic E-state index is 0.158. The summed E-state index contributed by atoms with van der Waals surface area (Å²) in [6.45, 7) is 10.2. The lowest BCUT2D eigenvalue weighted by Crippen LogP contribution is -2.64. The van der Waals surface area contributed by atoms with Crippen LogP contribution in [0.5, 0.6) is 0 Å². The third kappa shape index (κ3) is 3.55. The van der Waals surface area contributed by atoms with Crippen LogP contribution in [0.4, 0.5) is 0 Å². The van der Waals surface area contributed by atoms with Crippen molar-refractivity contribution in [1.82, 2.24) is 10.4 Å². The van der Waals surface area contributed by atoms with Gasteiger partial charge in [0.1, 0.15) is 0 Å². The van der Waals surface area contributed by atoms with Crippen molar-refractivity contribution < 1.29 is 0 Å². The Kier molecular flexibility index (Phi) is 5.49. The zero-order valence-corrected chi connectivity index (χ0v) is 14.0. The van der Waals surface area contributed by atoms with Gasteiger partial charge in [0.25, 0.3) is 0 Å². The molecule has 2 fully saturated rings. The van der Waals surface area contributed by atoms with Gasteiger partial charge in [0.15, 0.2) is 0 Å². The van der Waals surface area contributed by atoms with Crippen molar-refractivity contribution in [3.63, 3.8) is 0 Å². The molecular formula is C17H35N3. The molecule has 20 heavy (non-hydrogen) atoms. The molecule has 2 atom stereocenters. The van der Waals surface area contributed by atoms with Crippen LogP contribution in [-0.2, 0) is 0 Å². The summed E-state index contributed by atoms with van der Waals surface area (Å²) in [5.74, 6) is 1.71. The average Bonchev–Trinajstić information content (AvgIpc) is 2.43. The molecule has 1 saturated heterocycles. The quantitative estimate of drug-likeness (QED) is 0.831. The van der Waals surface area contributed by atoms with Crippen LogP contribution in [-0.4, -0.2) is 29.2 Å². The van der Waals surface area contributed by atoms with Gasteiger partial charge in [-0.05, 0) is 64.2 Å². The maximum Gasteiger partial charge on any atom is 0.0448 e. The molecule has 0 aromatic heterocycles. The van der Waals surface area contributed by atoms with Crippen LogP contribution in [0.25, 0.3) is 0 Å². The number of nitrogens with zero attached hydrogens (tertiary/aromatic N) is 1. The third-order valence-electron chi connectivity index (χ3n) is 5.88. The van der Waals surface area contributed by atoms with E-state index in [9.17, 15) is 0 Å². The first-order chi connectivity index (χ1) is 9.47. The molecule has 1 aliphatic carbocycles. The van der Waals surface area contributed by atoms with Crippen LogP contribution in [0, 0.1) is 11.8 Å². The van der Waals surface area contributed by atoms with Gasteiger partial charge in [-0.25, -0.2) is 10.4 Å². The molecular weight excluding hydrogens is 246 g/mol. The first kappa shape index (κ1) is 16.3. The summed E-state index contributed by atoms with van der Waals surface area (Å²) in [7, 11) is 0. The molecule has 1 heterocycles. The van der Waals surface area contributed by atoms with Crippen LogP contribution in [0.15, 0.2) is 0 Å². The summed E-state index contributed by atoms with van der Waals surface area (Å²) in [6, 6.07) is 1.29. The van der Waals surface area contributed by atoms with E-state index in [-0.39, 0.29) is 5.54 Å². The topological polar surface area (TPSA) is 41.3 Å². The number of hydrogen-bond donors (Lipinski definition) is 2. The molecule has 118 valence electrons. The number of rotatable bonds is 4. The zero-order chi connectivity index (χ0) is 14.8. The van der Waals surface area contributed by atoms with Gasteiger partial charge in [0.2, 0.25) is 0 Å². The van der Waals surface area contributed by atoms with Gasteiger partial charge in [-0.15, -0.1) is 0 Å². The van der Waals surface area contributed by atoms with Crippen molar-refractivity contribution in [2.75, 3.05) is 6.54 Å². The number of hydrogen-bond acceptors (Lipinski definition) is 3. The van der Waals surface area contributed by atoms with Gasteiger partial charge in [0.05, 0.1) is 0 Å². The van der Waals surface area contributed by atoms with E-state index < -0.39 is 0 Å². The molecule has 1 saturated carbocycles. The van der Waals surface area contributed by atoms with Crippen LogP contribution >= 0.6 is 0 Å².